The van der Waals surface area contributed by atoms with E-state index in [-0.39, 0.29) is 13.2 Å². The minimum absolute atomic E-state index is 0.223. The average molecular weight is 325 g/mol. The van der Waals surface area contributed by atoms with Gasteiger partial charge < -0.3 is 21.1 Å². The molecule has 4 N–H and O–H groups in total. The first kappa shape index (κ1) is 16.3. The standard InChI is InChI=1S/C14H19N3O4S/c1-2-21-14(20)16-7-10(18)17-13-11(12(15)19)8-5-3-4-6-9(8)22-13/h2-7H2,1H3,(H2,15,19)(H,16,20)(H,17,18). The molecule has 8 heteroatoms. The zero-order chi connectivity index (χ0) is 16.1. The number of fused-ring (bicyclic) bond motifs is 1. The van der Waals surface area contributed by atoms with Crippen molar-refractivity contribution in [2.24, 2.45) is 5.73 Å². The molecule has 22 heavy (non-hydrogen) atoms. The highest BCUT2D eigenvalue weighted by Gasteiger charge is 2.24. The van der Waals surface area contributed by atoms with Gasteiger partial charge in [-0.25, -0.2) is 4.79 Å². The molecule has 1 heterocycles. The molecule has 1 aromatic heterocycles. The van der Waals surface area contributed by atoms with Gasteiger partial charge in [0.1, 0.15) is 11.5 Å². The zero-order valence-corrected chi connectivity index (χ0v) is 13.2. The third kappa shape index (κ3) is 3.76. The highest BCUT2D eigenvalue weighted by atomic mass is 32.1. The third-order valence-corrected chi connectivity index (χ3v) is 4.55. The van der Waals surface area contributed by atoms with Crippen molar-refractivity contribution < 1.29 is 19.1 Å². The molecule has 0 saturated carbocycles. The molecule has 0 atom stereocenters. The van der Waals surface area contributed by atoms with Crippen molar-refractivity contribution in [1.82, 2.24) is 5.32 Å². The second-order valence-electron chi connectivity index (χ2n) is 4.90. The summed E-state index contributed by atoms with van der Waals surface area (Å²) in [6.45, 7) is 1.69. The molecule has 1 aliphatic carbocycles. The van der Waals surface area contributed by atoms with Crippen LogP contribution in [-0.4, -0.2) is 31.1 Å². The van der Waals surface area contributed by atoms with Crippen molar-refractivity contribution in [3.05, 3.63) is 16.0 Å². The van der Waals surface area contributed by atoms with Gasteiger partial charge in [0, 0.05) is 4.88 Å². The highest BCUT2D eigenvalue weighted by Crippen LogP contribution is 2.37. The fraction of sp³-hybridized carbons (Fsp3) is 0.500. The maximum Gasteiger partial charge on any atom is 0.407 e. The number of thiophene rings is 1. The number of carbonyl (C=O) groups is 3. The maximum absolute atomic E-state index is 11.9. The number of anilines is 1. The minimum Gasteiger partial charge on any atom is -0.450 e. The molecule has 1 aromatic rings. The number of nitrogens with two attached hydrogens (primary N) is 1. The Hall–Kier alpha value is -2.09. The summed E-state index contributed by atoms with van der Waals surface area (Å²) >= 11 is 1.39. The lowest BCUT2D eigenvalue weighted by Crippen LogP contribution is -2.33. The quantitative estimate of drug-likeness (QED) is 0.760. The van der Waals surface area contributed by atoms with Crippen molar-refractivity contribution >= 4 is 34.2 Å². The third-order valence-electron chi connectivity index (χ3n) is 3.34. The number of ether oxygens (including phenoxy) is 1. The molecule has 120 valence electrons. The monoisotopic (exact) mass is 325 g/mol. The van der Waals surface area contributed by atoms with Gasteiger partial charge in [-0.2, -0.15) is 0 Å². The van der Waals surface area contributed by atoms with E-state index < -0.39 is 17.9 Å². The number of amides is 3. The van der Waals surface area contributed by atoms with Crippen LogP contribution in [-0.2, 0) is 22.4 Å². The van der Waals surface area contributed by atoms with Crippen LogP contribution in [0.4, 0.5) is 9.80 Å². The summed E-state index contributed by atoms with van der Waals surface area (Å²) < 4.78 is 4.67. The van der Waals surface area contributed by atoms with Crippen LogP contribution >= 0.6 is 11.3 Å². The summed E-state index contributed by atoms with van der Waals surface area (Å²) in [5.74, 6) is -0.956. The minimum atomic E-state index is -0.654. The second-order valence-corrected chi connectivity index (χ2v) is 6.01. The number of alkyl carbamates (subject to hydrolysis) is 1. The second kappa shape index (κ2) is 7.26. The molecular formula is C14H19N3O4S. The molecule has 2 rings (SSSR count). The van der Waals surface area contributed by atoms with Crippen LogP contribution in [0.5, 0.6) is 0 Å². The Morgan fingerprint density at radius 3 is 2.68 bits per heavy atom. The Morgan fingerprint density at radius 2 is 2.00 bits per heavy atom. The van der Waals surface area contributed by atoms with E-state index in [4.69, 9.17) is 5.73 Å². The number of carbonyl (C=O) groups excluding carboxylic acids is 3. The summed E-state index contributed by atoms with van der Waals surface area (Å²) in [6, 6.07) is 0. The first-order chi connectivity index (χ1) is 10.5. The molecule has 1 aliphatic rings. The Labute approximate surface area is 132 Å². The van der Waals surface area contributed by atoms with Crippen LogP contribution in [0.2, 0.25) is 0 Å². The van der Waals surface area contributed by atoms with E-state index in [0.717, 1.165) is 36.1 Å². The lowest BCUT2D eigenvalue weighted by Gasteiger charge is -2.11. The van der Waals surface area contributed by atoms with Crippen LogP contribution < -0.4 is 16.4 Å². The molecular weight excluding hydrogens is 306 g/mol. The van der Waals surface area contributed by atoms with Gasteiger partial charge >= 0.3 is 6.09 Å². The van der Waals surface area contributed by atoms with Crippen molar-refractivity contribution in [3.63, 3.8) is 0 Å². The number of hydrogen-bond acceptors (Lipinski definition) is 5. The molecule has 0 aliphatic heterocycles. The SMILES string of the molecule is CCOC(=O)NCC(=O)Nc1sc2c(c1C(N)=O)CCCC2. The van der Waals surface area contributed by atoms with Crippen LogP contribution in [0, 0.1) is 0 Å². The van der Waals surface area contributed by atoms with Crippen molar-refractivity contribution in [2.45, 2.75) is 32.6 Å². The van der Waals surface area contributed by atoms with Gasteiger partial charge in [-0.05, 0) is 38.2 Å². The fourth-order valence-corrected chi connectivity index (χ4v) is 3.73. The lowest BCUT2D eigenvalue weighted by molar-refractivity contribution is -0.115. The molecule has 0 aromatic carbocycles. The number of hydrogen-bond donors (Lipinski definition) is 3. The Morgan fingerprint density at radius 1 is 1.27 bits per heavy atom. The van der Waals surface area contributed by atoms with Crippen LogP contribution in [0.1, 0.15) is 40.6 Å². The van der Waals surface area contributed by atoms with E-state index in [1.165, 1.54) is 11.3 Å². The highest BCUT2D eigenvalue weighted by molar-refractivity contribution is 7.17. The molecule has 0 unspecified atom stereocenters. The predicted octanol–water partition coefficient (Wildman–Crippen LogP) is 1.41. The molecule has 0 radical (unpaired) electrons. The molecule has 0 saturated heterocycles. The summed E-state index contributed by atoms with van der Waals surface area (Å²) in [6.07, 6.45) is 3.14. The van der Waals surface area contributed by atoms with Crippen LogP contribution in [0.15, 0.2) is 0 Å². The van der Waals surface area contributed by atoms with Gasteiger partial charge in [0.15, 0.2) is 0 Å². The summed E-state index contributed by atoms with van der Waals surface area (Å²) in [4.78, 5) is 35.8. The van der Waals surface area contributed by atoms with Crippen LogP contribution in [0.3, 0.4) is 0 Å². The number of aryl methyl sites for hydroxylation is 1. The number of primary amides is 1. The lowest BCUT2D eigenvalue weighted by atomic mass is 9.95. The van der Waals surface area contributed by atoms with E-state index in [1.807, 2.05) is 0 Å². The van der Waals surface area contributed by atoms with Gasteiger partial charge in [0.05, 0.1) is 12.2 Å². The van der Waals surface area contributed by atoms with Crippen LogP contribution in [0.25, 0.3) is 0 Å². The Balaban J connectivity index is 2.06. The van der Waals surface area contributed by atoms with Gasteiger partial charge in [-0.3, -0.25) is 9.59 Å². The molecule has 0 fully saturated rings. The normalized spacial score (nSPS) is 13.1. The van der Waals surface area contributed by atoms with Crippen molar-refractivity contribution in [2.75, 3.05) is 18.5 Å². The molecule has 3 amide bonds. The van der Waals surface area contributed by atoms with Gasteiger partial charge in [-0.1, -0.05) is 0 Å². The summed E-state index contributed by atoms with van der Waals surface area (Å²) in [5.41, 5.74) is 6.81. The zero-order valence-electron chi connectivity index (χ0n) is 12.4. The van der Waals surface area contributed by atoms with Gasteiger partial charge in [-0.15, -0.1) is 11.3 Å². The van der Waals surface area contributed by atoms with Crippen molar-refractivity contribution in [3.8, 4) is 0 Å². The molecule has 0 spiro atoms. The predicted molar refractivity (Wildman–Crippen MR) is 83.1 cm³/mol. The van der Waals surface area contributed by atoms with Gasteiger partial charge in [0.25, 0.3) is 5.91 Å². The largest absolute Gasteiger partial charge is 0.450 e. The fourth-order valence-electron chi connectivity index (χ4n) is 2.42. The van der Waals surface area contributed by atoms with E-state index in [9.17, 15) is 14.4 Å². The van der Waals surface area contributed by atoms with E-state index in [0.29, 0.717) is 10.6 Å². The Bertz CT molecular complexity index is 597. The van der Waals surface area contributed by atoms with E-state index in [1.54, 1.807) is 6.92 Å². The number of nitrogens with one attached hydrogen (secondary N) is 2. The topological polar surface area (TPSA) is 111 Å². The summed E-state index contributed by atoms with van der Waals surface area (Å²) in [5, 5.41) is 5.45. The molecule has 7 nitrogen and oxygen atoms in total. The first-order valence-corrected chi connectivity index (χ1v) is 7.99. The molecule has 0 bridgehead atoms. The summed E-state index contributed by atoms with van der Waals surface area (Å²) in [7, 11) is 0. The maximum atomic E-state index is 11.9. The Kier molecular flexibility index (Phi) is 5.37. The smallest absolute Gasteiger partial charge is 0.407 e. The van der Waals surface area contributed by atoms with Crippen molar-refractivity contribution in [1.29, 1.82) is 0 Å². The van der Waals surface area contributed by atoms with E-state index in [2.05, 4.69) is 15.4 Å². The first-order valence-electron chi connectivity index (χ1n) is 7.17. The number of rotatable bonds is 5. The van der Waals surface area contributed by atoms with E-state index >= 15 is 0 Å². The van der Waals surface area contributed by atoms with Gasteiger partial charge in [0.2, 0.25) is 5.91 Å². The average Bonchev–Trinajstić information content (AvgIpc) is 2.83.